The van der Waals surface area contributed by atoms with Crippen molar-refractivity contribution in [3.63, 3.8) is 0 Å². The molecular weight excluding hydrogens is 248 g/mol. The first kappa shape index (κ1) is 13.3. The van der Waals surface area contributed by atoms with E-state index in [0.29, 0.717) is 24.3 Å². The van der Waals surface area contributed by atoms with Crippen LogP contribution in [-0.2, 0) is 4.74 Å². The van der Waals surface area contributed by atoms with Crippen molar-refractivity contribution in [1.29, 1.82) is 0 Å². The molecular formula is C13H20N2O2S. The van der Waals surface area contributed by atoms with E-state index in [1.165, 1.54) is 30.6 Å². The number of carbonyl (C=O) groups excluding carboxylic acids is 1. The number of thiazole rings is 1. The van der Waals surface area contributed by atoms with Crippen LogP contribution in [0.4, 0.5) is 5.13 Å². The van der Waals surface area contributed by atoms with Crippen LogP contribution >= 0.6 is 11.3 Å². The third kappa shape index (κ3) is 2.83. The van der Waals surface area contributed by atoms with Crippen molar-refractivity contribution < 1.29 is 9.53 Å². The van der Waals surface area contributed by atoms with Gasteiger partial charge in [-0.3, -0.25) is 0 Å². The molecule has 1 saturated carbocycles. The van der Waals surface area contributed by atoms with Crippen LogP contribution in [0.5, 0.6) is 0 Å². The zero-order chi connectivity index (χ0) is 13.1. The third-order valence-corrected chi connectivity index (χ3v) is 4.34. The fourth-order valence-corrected chi connectivity index (χ4v) is 3.23. The molecule has 0 radical (unpaired) electrons. The standard InChI is InChI=1S/C13H20N2O2S/c1-4-17-12(16)11-9(3)18-13(15-11)14-10-7-5-6-8(10)2/h8,10H,4-7H2,1-3H3,(H,14,15). The number of hydrogen-bond acceptors (Lipinski definition) is 5. The molecule has 0 aliphatic heterocycles. The summed E-state index contributed by atoms with van der Waals surface area (Å²) in [6, 6.07) is 0.491. The van der Waals surface area contributed by atoms with Gasteiger partial charge in [0.05, 0.1) is 6.61 Å². The molecule has 18 heavy (non-hydrogen) atoms. The zero-order valence-electron chi connectivity index (χ0n) is 11.2. The topological polar surface area (TPSA) is 51.2 Å². The monoisotopic (exact) mass is 268 g/mol. The van der Waals surface area contributed by atoms with E-state index < -0.39 is 0 Å². The van der Waals surface area contributed by atoms with Gasteiger partial charge in [-0.1, -0.05) is 13.3 Å². The van der Waals surface area contributed by atoms with Crippen molar-refractivity contribution in [3.8, 4) is 0 Å². The Morgan fingerprint density at radius 2 is 2.33 bits per heavy atom. The minimum Gasteiger partial charge on any atom is -0.461 e. The van der Waals surface area contributed by atoms with E-state index >= 15 is 0 Å². The number of rotatable bonds is 4. The summed E-state index contributed by atoms with van der Waals surface area (Å²) in [6.07, 6.45) is 3.73. The molecule has 0 saturated heterocycles. The normalized spacial score (nSPS) is 23.1. The Hall–Kier alpha value is -1.10. The van der Waals surface area contributed by atoms with Crippen molar-refractivity contribution in [1.82, 2.24) is 4.98 Å². The average Bonchev–Trinajstić information content (AvgIpc) is 2.87. The molecule has 5 heteroatoms. The summed E-state index contributed by atoms with van der Waals surface area (Å²) in [5, 5.41) is 4.29. The van der Waals surface area contributed by atoms with E-state index in [0.717, 1.165) is 10.0 Å². The second-order valence-electron chi connectivity index (χ2n) is 4.80. The maximum absolute atomic E-state index is 11.7. The number of carbonyl (C=O) groups is 1. The van der Waals surface area contributed by atoms with Gasteiger partial charge < -0.3 is 10.1 Å². The van der Waals surface area contributed by atoms with Gasteiger partial charge >= 0.3 is 5.97 Å². The lowest BCUT2D eigenvalue weighted by molar-refractivity contribution is 0.0519. The molecule has 1 aliphatic rings. The molecule has 100 valence electrons. The number of aryl methyl sites for hydroxylation is 1. The number of ether oxygens (including phenoxy) is 1. The van der Waals surface area contributed by atoms with Crippen LogP contribution in [0.15, 0.2) is 0 Å². The number of aromatic nitrogens is 1. The summed E-state index contributed by atoms with van der Waals surface area (Å²) in [5.74, 6) is 0.360. The molecule has 1 aromatic rings. The SMILES string of the molecule is CCOC(=O)c1nc(NC2CCCC2C)sc1C. The fraction of sp³-hybridized carbons (Fsp3) is 0.692. The molecule has 0 aromatic carbocycles. The highest BCUT2D eigenvalue weighted by Crippen LogP contribution is 2.30. The zero-order valence-corrected chi connectivity index (χ0v) is 12.0. The van der Waals surface area contributed by atoms with Crippen molar-refractivity contribution >= 4 is 22.4 Å². The summed E-state index contributed by atoms with van der Waals surface area (Å²) in [6.45, 7) is 6.36. The van der Waals surface area contributed by atoms with Crippen LogP contribution in [0.3, 0.4) is 0 Å². The Morgan fingerprint density at radius 1 is 1.56 bits per heavy atom. The molecule has 1 aromatic heterocycles. The first-order valence-corrected chi connectivity index (χ1v) is 7.34. The van der Waals surface area contributed by atoms with Crippen LogP contribution in [0.1, 0.15) is 48.5 Å². The number of esters is 1. The molecule has 2 atom stereocenters. The quantitative estimate of drug-likeness (QED) is 0.852. The Morgan fingerprint density at radius 3 is 2.94 bits per heavy atom. The molecule has 2 rings (SSSR count). The third-order valence-electron chi connectivity index (χ3n) is 3.44. The van der Waals surface area contributed by atoms with Crippen LogP contribution in [0.2, 0.25) is 0 Å². The van der Waals surface area contributed by atoms with Gasteiger partial charge in [0, 0.05) is 10.9 Å². The first-order chi connectivity index (χ1) is 8.61. The maximum Gasteiger partial charge on any atom is 0.358 e. The van der Waals surface area contributed by atoms with Gasteiger partial charge in [-0.05, 0) is 32.6 Å². The molecule has 1 heterocycles. The van der Waals surface area contributed by atoms with Gasteiger partial charge in [-0.15, -0.1) is 11.3 Å². The van der Waals surface area contributed by atoms with E-state index in [1.807, 2.05) is 6.92 Å². The molecule has 0 spiro atoms. The summed E-state index contributed by atoms with van der Waals surface area (Å²) in [4.78, 5) is 17.0. The first-order valence-electron chi connectivity index (χ1n) is 6.53. The van der Waals surface area contributed by atoms with Gasteiger partial charge in [0.15, 0.2) is 10.8 Å². The Labute approximate surface area is 112 Å². The van der Waals surface area contributed by atoms with E-state index in [9.17, 15) is 4.79 Å². The second kappa shape index (κ2) is 5.69. The smallest absolute Gasteiger partial charge is 0.358 e. The highest BCUT2D eigenvalue weighted by molar-refractivity contribution is 7.15. The molecule has 1 fully saturated rings. The number of hydrogen-bond donors (Lipinski definition) is 1. The lowest BCUT2D eigenvalue weighted by Gasteiger charge is -2.15. The molecule has 2 unspecified atom stereocenters. The minimum atomic E-state index is -0.321. The van der Waals surface area contributed by atoms with Crippen molar-refractivity contribution in [2.45, 2.75) is 46.1 Å². The van der Waals surface area contributed by atoms with Gasteiger partial charge in [0.25, 0.3) is 0 Å². The van der Waals surface area contributed by atoms with E-state index in [4.69, 9.17) is 4.74 Å². The van der Waals surface area contributed by atoms with Crippen molar-refractivity contribution in [3.05, 3.63) is 10.6 Å². The van der Waals surface area contributed by atoms with Crippen LogP contribution in [-0.4, -0.2) is 23.6 Å². The summed E-state index contributed by atoms with van der Waals surface area (Å²) in [5.41, 5.74) is 0.454. The Bertz CT molecular complexity index is 431. The molecule has 4 nitrogen and oxygen atoms in total. The van der Waals surface area contributed by atoms with E-state index in [1.54, 1.807) is 6.92 Å². The molecule has 0 amide bonds. The predicted molar refractivity (Wildman–Crippen MR) is 73.2 cm³/mol. The number of anilines is 1. The van der Waals surface area contributed by atoms with Crippen molar-refractivity contribution in [2.24, 2.45) is 5.92 Å². The molecule has 1 aliphatic carbocycles. The van der Waals surface area contributed by atoms with Crippen LogP contribution in [0, 0.1) is 12.8 Å². The van der Waals surface area contributed by atoms with Crippen LogP contribution < -0.4 is 5.32 Å². The average molecular weight is 268 g/mol. The lowest BCUT2D eigenvalue weighted by Crippen LogP contribution is -2.21. The molecule has 0 bridgehead atoms. The van der Waals surface area contributed by atoms with E-state index in [-0.39, 0.29) is 5.97 Å². The Kier molecular flexibility index (Phi) is 4.22. The predicted octanol–water partition coefficient (Wildman–Crippen LogP) is 3.23. The minimum absolute atomic E-state index is 0.321. The van der Waals surface area contributed by atoms with Crippen LogP contribution in [0.25, 0.3) is 0 Å². The highest BCUT2D eigenvalue weighted by Gasteiger charge is 2.25. The van der Waals surface area contributed by atoms with Crippen molar-refractivity contribution in [2.75, 3.05) is 11.9 Å². The number of nitrogens with zero attached hydrogens (tertiary/aromatic N) is 1. The van der Waals surface area contributed by atoms with Gasteiger partial charge in [0.1, 0.15) is 0 Å². The largest absolute Gasteiger partial charge is 0.461 e. The van der Waals surface area contributed by atoms with E-state index in [2.05, 4.69) is 17.2 Å². The van der Waals surface area contributed by atoms with Gasteiger partial charge in [0.2, 0.25) is 0 Å². The summed E-state index contributed by atoms with van der Waals surface area (Å²) >= 11 is 1.53. The molecule has 1 N–H and O–H groups in total. The van der Waals surface area contributed by atoms with Gasteiger partial charge in [-0.2, -0.15) is 0 Å². The summed E-state index contributed by atoms with van der Waals surface area (Å²) < 4.78 is 4.99. The number of nitrogens with one attached hydrogen (secondary N) is 1. The second-order valence-corrected chi connectivity index (χ2v) is 6.01. The maximum atomic E-state index is 11.7. The highest BCUT2D eigenvalue weighted by atomic mass is 32.1. The Balaban J connectivity index is 2.06. The fourth-order valence-electron chi connectivity index (χ4n) is 2.37. The summed E-state index contributed by atoms with van der Waals surface area (Å²) in [7, 11) is 0. The lowest BCUT2D eigenvalue weighted by atomic mass is 10.1. The van der Waals surface area contributed by atoms with Gasteiger partial charge in [-0.25, -0.2) is 9.78 Å².